The minimum absolute atomic E-state index is 0.0288. The lowest BCUT2D eigenvalue weighted by Gasteiger charge is -2.38. The van der Waals surface area contributed by atoms with Crippen LogP contribution in [0.1, 0.15) is 48.5 Å². The van der Waals surface area contributed by atoms with E-state index in [9.17, 15) is 18.8 Å². The molecule has 4 aliphatic rings. The van der Waals surface area contributed by atoms with Crippen LogP contribution in [0.3, 0.4) is 0 Å². The molecule has 3 saturated carbocycles. The first-order valence-electron chi connectivity index (χ1n) is 10.1. The molecule has 2 aromatic rings. The van der Waals surface area contributed by atoms with Crippen LogP contribution in [0, 0.1) is 47.1 Å². The summed E-state index contributed by atoms with van der Waals surface area (Å²) in [7, 11) is 0. The summed E-state index contributed by atoms with van der Waals surface area (Å²) in [5, 5.41) is 19.4. The molecule has 2 atom stereocenters. The fraction of sp³-hybridized carbons (Fsp3) is 0.455. The second kappa shape index (κ2) is 6.73. The van der Waals surface area contributed by atoms with Crippen molar-refractivity contribution in [1.82, 2.24) is 14.8 Å². The standard InChI is InChI=1S/C22H21F2N5O/c1-13-11-27-28(20(13)10-25)12-22-7-15(8-22)18(9-22)21(30)29-19(2-3-26-29)14-4-16(23)6-17(24)5-14/h3-6,11,15,18-19H,2,7-9,12H2,1H3/t15?,18-,19?,22?/m0/s1. The van der Waals surface area contributed by atoms with Gasteiger partial charge in [-0.15, -0.1) is 0 Å². The lowest BCUT2D eigenvalue weighted by molar-refractivity contribution is -0.138. The van der Waals surface area contributed by atoms with Crippen LogP contribution >= 0.6 is 0 Å². The van der Waals surface area contributed by atoms with Crippen molar-refractivity contribution in [3.8, 4) is 6.07 Å². The summed E-state index contributed by atoms with van der Waals surface area (Å²) in [5.41, 5.74) is 1.81. The Morgan fingerprint density at radius 3 is 2.70 bits per heavy atom. The number of fused-ring (bicyclic) bond motifs is 1. The van der Waals surface area contributed by atoms with Gasteiger partial charge in [0.25, 0.3) is 0 Å². The summed E-state index contributed by atoms with van der Waals surface area (Å²) in [4.78, 5) is 13.3. The molecule has 30 heavy (non-hydrogen) atoms. The Kier molecular flexibility index (Phi) is 4.24. The fourth-order valence-electron chi connectivity index (χ4n) is 5.52. The summed E-state index contributed by atoms with van der Waals surface area (Å²) in [6.45, 7) is 2.50. The van der Waals surface area contributed by atoms with Crippen LogP contribution in [0.25, 0.3) is 0 Å². The van der Waals surface area contributed by atoms with Gasteiger partial charge in [0, 0.05) is 36.7 Å². The van der Waals surface area contributed by atoms with Gasteiger partial charge in [0.2, 0.25) is 5.91 Å². The molecule has 1 aliphatic heterocycles. The van der Waals surface area contributed by atoms with E-state index < -0.39 is 17.7 Å². The van der Waals surface area contributed by atoms with E-state index in [0.717, 1.165) is 30.9 Å². The number of hydrazone groups is 1. The number of nitrogens with zero attached hydrogens (tertiary/aromatic N) is 5. The maximum atomic E-state index is 13.7. The van der Waals surface area contributed by atoms with E-state index in [4.69, 9.17) is 0 Å². The maximum Gasteiger partial charge on any atom is 0.246 e. The smallest absolute Gasteiger partial charge is 0.246 e. The molecule has 8 heteroatoms. The highest BCUT2D eigenvalue weighted by atomic mass is 19.1. The van der Waals surface area contributed by atoms with Gasteiger partial charge >= 0.3 is 0 Å². The molecule has 2 bridgehead atoms. The number of benzene rings is 1. The second-order valence-electron chi connectivity index (χ2n) is 8.86. The van der Waals surface area contributed by atoms with Gasteiger partial charge in [-0.25, -0.2) is 13.8 Å². The number of halogens is 2. The van der Waals surface area contributed by atoms with Gasteiger partial charge in [0.05, 0.1) is 12.2 Å². The third kappa shape index (κ3) is 2.92. The van der Waals surface area contributed by atoms with E-state index in [2.05, 4.69) is 16.3 Å². The van der Waals surface area contributed by atoms with Gasteiger partial charge in [0.15, 0.2) is 0 Å². The Bertz CT molecular complexity index is 1080. The van der Waals surface area contributed by atoms with E-state index in [1.54, 1.807) is 17.1 Å². The molecule has 0 spiro atoms. The van der Waals surface area contributed by atoms with Crippen LogP contribution in [0.4, 0.5) is 8.78 Å². The molecule has 1 aromatic heterocycles. The summed E-state index contributed by atoms with van der Waals surface area (Å²) in [5.74, 6) is -1.29. The Hall–Kier alpha value is -3.08. The van der Waals surface area contributed by atoms with E-state index in [1.165, 1.54) is 17.1 Å². The number of rotatable bonds is 4. The normalized spacial score (nSPS) is 29.1. The average Bonchev–Trinajstić information content (AvgIpc) is 3.43. The molecular weight excluding hydrogens is 388 g/mol. The number of nitriles is 1. The molecule has 3 fully saturated rings. The number of carbonyl (C=O) groups is 1. The maximum absolute atomic E-state index is 13.7. The van der Waals surface area contributed by atoms with Crippen molar-refractivity contribution >= 4 is 12.1 Å². The summed E-state index contributed by atoms with van der Waals surface area (Å²) in [6, 6.07) is 5.09. The van der Waals surface area contributed by atoms with Crippen LogP contribution in [0.5, 0.6) is 0 Å². The van der Waals surface area contributed by atoms with Gasteiger partial charge in [-0.05, 0) is 55.2 Å². The highest BCUT2D eigenvalue weighted by molar-refractivity contribution is 5.83. The Balaban J connectivity index is 1.33. The summed E-state index contributed by atoms with van der Waals surface area (Å²) in [6.07, 6.45) is 6.33. The number of carbonyl (C=O) groups excluding carboxylic acids is 1. The zero-order valence-corrected chi connectivity index (χ0v) is 16.6. The van der Waals surface area contributed by atoms with Crippen LogP contribution < -0.4 is 0 Å². The van der Waals surface area contributed by atoms with Crippen molar-refractivity contribution in [2.24, 2.45) is 22.4 Å². The van der Waals surface area contributed by atoms with E-state index in [0.29, 0.717) is 24.2 Å². The molecule has 0 saturated heterocycles. The highest BCUT2D eigenvalue weighted by Crippen LogP contribution is 2.63. The van der Waals surface area contributed by atoms with Crippen LogP contribution in [-0.2, 0) is 11.3 Å². The Morgan fingerprint density at radius 1 is 1.27 bits per heavy atom. The summed E-state index contributed by atoms with van der Waals surface area (Å²) >= 11 is 0. The fourth-order valence-corrected chi connectivity index (χ4v) is 5.52. The first kappa shape index (κ1) is 18.9. The second-order valence-corrected chi connectivity index (χ2v) is 8.86. The van der Waals surface area contributed by atoms with Crippen LogP contribution in [0.15, 0.2) is 29.5 Å². The van der Waals surface area contributed by atoms with Crippen LogP contribution in [0.2, 0.25) is 0 Å². The first-order valence-corrected chi connectivity index (χ1v) is 10.1. The van der Waals surface area contributed by atoms with Crippen molar-refractivity contribution in [3.05, 3.63) is 52.9 Å². The molecule has 1 amide bonds. The Labute approximate surface area is 172 Å². The predicted octanol–water partition coefficient (Wildman–Crippen LogP) is 3.72. The summed E-state index contributed by atoms with van der Waals surface area (Å²) < 4.78 is 29.1. The zero-order valence-electron chi connectivity index (χ0n) is 16.6. The van der Waals surface area contributed by atoms with Crippen molar-refractivity contribution in [2.45, 2.75) is 45.2 Å². The molecular formula is C22H21F2N5O. The lowest BCUT2D eigenvalue weighted by Crippen LogP contribution is -2.36. The molecule has 1 aromatic carbocycles. The van der Waals surface area contributed by atoms with Crippen molar-refractivity contribution in [3.63, 3.8) is 0 Å². The quantitative estimate of drug-likeness (QED) is 0.773. The third-order valence-corrected chi connectivity index (χ3v) is 6.87. The zero-order chi connectivity index (χ0) is 21.0. The minimum atomic E-state index is -0.658. The number of aryl methyl sites for hydroxylation is 1. The predicted molar refractivity (Wildman–Crippen MR) is 104 cm³/mol. The van der Waals surface area contributed by atoms with Crippen molar-refractivity contribution in [2.75, 3.05) is 0 Å². The van der Waals surface area contributed by atoms with Gasteiger partial charge < -0.3 is 0 Å². The molecule has 0 N–H and O–H groups in total. The molecule has 1 unspecified atom stereocenters. The topological polar surface area (TPSA) is 74.3 Å². The lowest BCUT2D eigenvalue weighted by atomic mass is 9.69. The average molecular weight is 409 g/mol. The molecule has 154 valence electrons. The van der Waals surface area contributed by atoms with Crippen molar-refractivity contribution < 1.29 is 13.6 Å². The highest BCUT2D eigenvalue weighted by Gasteiger charge is 2.59. The van der Waals surface area contributed by atoms with Crippen LogP contribution in [-0.4, -0.2) is 26.9 Å². The van der Waals surface area contributed by atoms with E-state index in [1.807, 2.05) is 6.92 Å². The van der Waals surface area contributed by atoms with Gasteiger partial charge in [-0.2, -0.15) is 15.5 Å². The van der Waals surface area contributed by atoms with E-state index in [-0.39, 0.29) is 23.2 Å². The monoisotopic (exact) mass is 409 g/mol. The molecule has 2 heterocycles. The number of amides is 1. The number of hydrogen-bond acceptors (Lipinski definition) is 4. The molecule has 6 rings (SSSR count). The first-order chi connectivity index (χ1) is 14.4. The number of aromatic nitrogens is 2. The van der Waals surface area contributed by atoms with Gasteiger partial charge in [-0.1, -0.05) is 0 Å². The third-order valence-electron chi connectivity index (χ3n) is 6.87. The molecule has 0 radical (unpaired) electrons. The SMILES string of the molecule is Cc1cnn(CC23CC(C2)[C@@H](C(=O)N2N=CCC2c2cc(F)cc(F)c2)C3)c1C#N. The Morgan fingerprint density at radius 2 is 2.00 bits per heavy atom. The minimum Gasteiger partial charge on any atom is -0.273 e. The molecule has 6 nitrogen and oxygen atoms in total. The number of hydrogen-bond donors (Lipinski definition) is 0. The van der Waals surface area contributed by atoms with Gasteiger partial charge in [0.1, 0.15) is 23.4 Å². The largest absolute Gasteiger partial charge is 0.273 e. The van der Waals surface area contributed by atoms with Crippen molar-refractivity contribution in [1.29, 1.82) is 5.26 Å². The van der Waals surface area contributed by atoms with Gasteiger partial charge in [-0.3, -0.25) is 9.48 Å². The van der Waals surface area contributed by atoms with E-state index >= 15 is 0 Å². The molecule has 3 aliphatic carbocycles.